The van der Waals surface area contributed by atoms with E-state index >= 15 is 0 Å². The second kappa shape index (κ2) is 5.74. The first kappa shape index (κ1) is 12.0. The summed E-state index contributed by atoms with van der Waals surface area (Å²) in [5.74, 6) is 3.93. The smallest absolute Gasteiger partial charge is 0.00109 e. The Morgan fingerprint density at radius 1 is 1.25 bits per heavy atom. The molecule has 1 aliphatic heterocycles. The summed E-state index contributed by atoms with van der Waals surface area (Å²) in [6.07, 6.45) is 2.69. The molecule has 0 aliphatic carbocycles. The predicted molar refractivity (Wildman–Crippen MR) is 73.2 cm³/mol. The molecule has 1 nitrogen and oxygen atoms in total. The Hall–Kier alpha value is -0.470. The number of hydrogen-bond donors (Lipinski definition) is 1. The van der Waals surface area contributed by atoms with Crippen molar-refractivity contribution in [2.75, 3.05) is 18.1 Å². The fourth-order valence-corrected chi connectivity index (χ4v) is 3.37. The first-order valence-corrected chi connectivity index (χ1v) is 7.34. The van der Waals surface area contributed by atoms with Gasteiger partial charge in [0.25, 0.3) is 0 Å². The summed E-state index contributed by atoms with van der Waals surface area (Å²) < 4.78 is 0. The minimum atomic E-state index is 0.482. The largest absolute Gasteiger partial charge is 0.330 e. The Labute approximate surface area is 103 Å². The van der Waals surface area contributed by atoms with Crippen LogP contribution in [0.4, 0.5) is 0 Å². The lowest BCUT2D eigenvalue weighted by Crippen LogP contribution is -2.10. The highest BCUT2D eigenvalue weighted by atomic mass is 32.2. The van der Waals surface area contributed by atoms with Crippen LogP contribution in [0.3, 0.4) is 0 Å². The highest BCUT2D eigenvalue weighted by molar-refractivity contribution is 7.99. The van der Waals surface area contributed by atoms with Gasteiger partial charge in [-0.3, -0.25) is 0 Å². The summed E-state index contributed by atoms with van der Waals surface area (Å²) in [6, 6.07) is 9.13. The summed E-state index contributed by atoms with van der Waals surface area (Å²) >= 11 is 2.09. The van der Waals surface area contributed by atoms with E-state index in [1.165, 1.54) is 35.5 Å². The van der Waals surface area contributed by atoms with Gasteiger partial charge in [-0.05, 0) is 53.9 Å². The first-order valence-electron chi connectivity index (χ1n) is 6.19. The molecule has 1 aromatic rings. The van der Waals surface area contributed by atoms with Crippen molar-refractivity contribution in [2.45, 2.75) is 31.6 Å². The van der Waals surface area contributed by atoms with Crippen LogP contribution in [0, 0.1) is 0 Å². The lowest BCUT2D eigenvalue weighted by atomic mass is 9.91. The van der Waals surface area contributed by atoms with Gasteiger partial charge < -0.3 is 5.73 Å². The molecule has 1 fully saturated rings. The fourth-order valence-electron chi connectivity index (χ4n) is 2.26. The zero-order valence-electron chi connectivity index (χ0n) is 9.99. The Kier molecular flexibility index (Phi) is 4.30. The van der Waals surface area contributed by atoms with Gasteiger partial charge >= 0.3 is 0 Å². The first-order chi connectivity index (χ1) is 7.81. The van der Waals surface area contributed by atoms with E-state index in [4.69, 9.17) is 5.73 Å². The van der Waals surface area contributed by atoms with Gasteiger partial charge in [-0.15, -0.1) is 0 Å². The van der Waals surface area contributed by atoms with Crippen molar-refractivity contribution in [3.05, 3.63) is 35.4 Å². The summed E-state index contributed by atoms with van der Waals surface area (Å²) in [4.78, 5) is 0. The molecule has 1 aliphatic rings. The normalized spacial score (nSPS) is 19.6. The minimum Gasteiger partial charge on any atom is -0.330 e. The van der Waals surface area contributed by atoms with E-state index < -0.39 is 0 Å². The maximum absolute atomic E-state index is 5.68. The number of thioether (sulfide) groups is 1. The van der Waals surface area contributed by atoms with E-state index in [-0.39, 0.29) is 0 Å². The van der Waals surface area contributed by atoms with Crippen molar-refractivity contribution in [3.8, 4) is 0 Å². The molecule has 2 N–H and O–H groups in total. The highest BCUT2D eigenvalue weighted by Gasteiger charge is 2.15. The Morgan fingerprint density at radius 3 is 2.44 bits per heavy atom. The second-order valence-electron chi connectivity index (χ2n) is 4.69. The maximum Gasteiger partial charge on any atom is -0.00109 e. The maximum atomic E-state index is 5.68. The van der Waals surface area contributed by atoms with E-state index in [1.54, 1.807) is 0 Å². The lowest BCUT2D eigenvalue weighted by molar-refractivity contribution is 0.636. The van der Waals surface area contributed by atoms with Gasteiger partial charge in [0.15, 0.2) is 0 Å². The van der Waals surface area contributed by atoms with Crippen LogP contribution in [0.25, 0.3) is 0 Å². The molecule has 0 aromatic heterocycles. The molecule has 0 radical (unpaired) electrons. The minimum absolute atomic E-state index is 0.482. The third-order valence-electron chi connectivity index (χ3n) is 3.55. The van der Waals surface area contributed by atoms with Gasteiger partial charge in [-0.25, -0.2) is 0 Å². The fraction of sp³-hybridized carbons (Fsp3) is 0.571. The van der Waals surface area contributed by atoms with Crippen LogP contribution < -0.4 is 5.73 Å². The standard InChI is InChI=1S/C14H21NS/c1-11(10-15)12-2-4-13(5-3-12)14-6-8-16-9-7-14/h2-5,11,14H,6-10,15H2,1H3. The Balaban J connectivity index is 2.06. The van der Waals surface area contributed by atoms with Crippen LogP contribution in [0.5, 0.6) is 0 Å². The quantitative estimate of drug-likeness (QED) is 0.869. The molecule has 0 bridgehead atoms. The van der Waals surface area contributed by atoms with Crippen LogP contribution >= 0.6 is 11.8 Å². The average molecular weight is 235 g/mol. The van der Waals surface area contributed by atoms with Gasteiger partial charge in [0, 0.05) is 0 Å². The molecule has 0 saturated carbocycles. The monoisotopic (exact) mass is 235 g/mol. The second-order valence-corrected chi connectivity index (χ2v) is 5.91. The van der Waals surface area contributed by atoms with E-state index in [9.17, 15) is 0 Å². The predicted octanol–water partition coefficient (Wildman–Crippen LogP) is 3.36. The van der Waals surface area contributed by atoms with Crippen LogP contribution in [-0.4, -0.2) is 18.1 Å². The van der Waals surface area contributed by atoms with Gasteiger partial charge in [0.1, 0.15) is 0 Å². The third-order valence-corrected chi connectivity index (χ3v) is 4.60. The van der Waals surface area contributed by atoms with E-state index in [1.807, 2.05) is 0 Å². The number of benzene rings is 1. The zero-order valence-corrected chi connectivity index (χ0v) is 10.8. The Morgan fingerprint density at radius 2 is 1.88 bits per heavy atom. The van der Waals surface area contributed by atoms with E-state index in [2.05, 4.69) is 43.0 Å². The van der Waals surface area contributed by atoms with E-state index in [0.29, 0.717) is 5.92 Å². The average Bonchev–Trinajstić information content (AvgIpc) is 2.39. The topological polar surface area (TPSA) is 26.0 Å². The van der Waals surface area contributed by atoms with Crippen LogP contribution in [0.15, 0.2) is 24.3 Å². The van der Waals surface area contributed by atoms with Crippen LogP contribution in [-0.2, 0) is 0 Å². The van der Waals surface area contributed by atoms with Crippen molar-refractivity contribution < 1.29 is 0 Å². The molecule has 0 spiro atoms. The molecule has 1 saturated heterocycles. The van der Waals surface area contributed by atoms with Gasteiger partial charge in [-0.2, -0.15) is 11.8 Å². The number of hydrogen-bond acceptors (Lipinski definition) is 2. The number of nitrogens with two attached hydrogens (primary N) is 1. The molecule has 88 valence electrons. The van der Waals surface area contributed by atoms with Crippen LogP contribution in [0.2, 0.25) is 0 Å². The summed E-state index contributed by atoms with van der Waals surface area (Å²) in [6.45, 7) is 2.92. The molecule has 2 heteroatoms. The molecular weight excluding hydrogens is 214 g/mol. The van der Waals surface area contributed by atoms with Crippen LogP contribution in [0.1, 0.15) is 42.7 Å². The Bertz CT molecular complexity index is 314. The molecule has 0 amide bonds. The summed E-state index contributed by atoms with van der Waals surface area (Å²) in [5.41, 5.74) is 8.58. The third kappa shape index (κ3) is 2.80. The molecule has 16 heavy (non-hydrogen) atoms. The zero-order chi connectivity index (χ0) is 11.4. The SMILES string of the molecule is CC(CN)c1ccc(C2CCSCC2)cc1. The molecule has 1 heterocycles. The van der Waals surface area contributed by atoms with Crippen molar-refractivity contribution in [1.29, 1.82) is 0 Å². The van der Waals surface area contributed by atoms with Crippen molar-refractivity contribution in [3.63, 3.8) is 0 Å². The van der Waals surface area contributed by atoms with Gasteiger partial charge in [-0.1, -0.05) is 31.2 Å². The van der Waals surface area contributed by atoms with Crippen molar-refractivity contribution in [2.24, 2.45) is 5.73 Å². The summed E-state index contributed by atoms with van der Waals surface area (Å²) in [5, 5.41) is 0. The number of rotatable bonds is 3. The van der Waals surface area contributed by atoms with Crippen molar-refractivity contribution >= 4 is 11.8 Å². The molecule has 1 unspecified atom stereocenters. The van der Waals surface area contributed by atoms with Gasteiger partial charge in [0.05, 0.1) is 0 Å². The summed E-state index contributed by atoms with van der Waals surface area (Å²) in [7, 11) is 0. The van der Waals surface area contributed by atoms with Crippen molar-refractivity contribution in [1.82, 2.24) is 0 Å². The van der Waals surface area contributed by atoms with Gasteiger partial charge in [0.2, 0.25) is 0 Å². The molecular formula is C14H21NS. The molecule has 1 atom stereocenters. The highest BCUT2D eigenvalue weighted by Crippen LogP contribution is 2.31. The molecule has 2 rings (SSSR count). The molecule has 1 aromatic carbocycles. The lowest BCUT2D eigenvalue weighted by Gasteiger charge is -2.22. The van der Waals surface area contributed by atoms with E-state index in [0.717, 1.165) is 12.5 Å².